The van der Waals surface area contributed by atoms with Crippen LogP contribution in [0, 0.1) is 0 Å². The van der Waals surface area contributed by atoms with Gasteiger partial charge in [0.25, 0.3) is 0 Å². The molecule has 1 saturated heterocycles. The molecule has 0 radical (unpaired) electrons. The first-order valence-corrected chi connectivity index (χ1v) is 26.4. The zero-order valence-electron chi connectivity index (χ0n) is 41.7. The molecule has 1 aliphatic rings. The third kappa shape index (κ3) is 35.3. The first-order chi connectivity index (χ1) is 32.3. The molecule has 0 aromatic carbocycles. The molecule has 1 fully saturated rings. The molecule has 0 aromatic heterocycles. The molecule has 7 unspecified atom stereocenters. The quantitative estimate of drug-likeness (QED) is 0.0262. The highest BCUT2D eigenvalue weighted by Gasteiger charge is 2.44. The molecule has 0 aromatic rings. The van der Waals surface area contributed by atoms with E-state index >= 15 is 0 Å². The number of rotatable bonds is 43. The van der Waals surface area contributed by atoms with E-state index in [2.05, 4.69) is 116 Å². The van der Waals surface area contributed by atoms with Crippen LogP contribution in [0.4, 0.5) is 0 Å². The van der Waals surface area contributed by atoms with E-state index in [1.54, 1.807) is 0 Å². The van der Waals surface area contributed by atoms with Crippen LogP contribution < -0.4 is 5.32 Å². The highest BCUT2D eigenvalue weighted by molar-refractivity contribution is 5.76. The summed E-state index contributed by atoms with van der Waals surface area (Å²) in [6, 6.07) is -0.719. The van der Waals surface area contributed by atoms with Gasteiger partial charge in [0.15, 0.2) is 6.29 Å². The van der Waals surface area contributed by atoms with Crippen LogP contribution in [0.2, 0.25) is 0 Å². The van der Waals surface area contributed by atoms with Gasteiger partial charge in [0, 0.05) is 6.42 Å². The highest BCUT2D eigenvalue weighted by Crippen LogP contribution is 2.23. The fourth-order valence-electron chi connectivity index (χ4n) is 7.76. The van der Waals surface area contributed by atoms with E-state index in [9.17, 15) is 30.3 Å². The summed E-state index contributed by atoms with van der Waals surface area (Å²) in [6.07, 6.45) is 59.5. The second kappa shape index (κ2) is 45.9. The number of nitrogens with one attached hydrogen (secondary N) is 1. The molecule has 0 saturated carbocycles. The van der Waals surface area contributed by atoms with Crippen molar-refractivity contribution < 1.29 is 39.8 Å². The van der Waals surface area contributed by atoms with Gasteiger partial charge >= 0.3 is 0 Å². The van der Waals surface area contributed by atoms with Crippen molar-refractivity contribution in [2.45, 2.75) is 243 Å². The van der Waals surface area contributed by atoms with E-state index in [-0.39, 0.29) is 12.5 Å². The first kappa shape index (κ1) is 61.1. The summed E-state index contributed by atoms with van der Waals surface area (Å²) in [5, 5.41) is 53.8. The minimum absolute atomic E-state index is 0.145. The fourth-order valence-corrected chi connectivity index (χ4v) is 7.76. The van der Waals surface area contributed by atoms with Crippen molar-refractivity contribution >= 4 is 5.91 Å². The molecule has 6 N–H and O–H groups in total. The molecule has 0 spiro atoms. The maximum absolute atomic E-state index is 12.9. The molecule has 0 aliphatic carbocycles. The van der Waals surface area contributed by atoms with Gasteiger partial charge in [0.1, 0.15) is 24.4 Å². The van der Waals surface area contributed by atoms with Gasteiger partial charge in [-0.2, -0.15) is 0 Å². The summed E-state index contributed by atoms with van der Waals surface area (Å²) < 4.78 is 11.1. The average molecular weight is 924 g/mol. The molecule has 0 bridgehead atoms. The first-order valence-electron chi connectivity index (χ1n) is 26.4. The minimum atomic E-state index is -1.55. The lowest BCUT2D eigenvalue weighted by Crippen LogP contribution is -2.60. The lowest BCUT2D eigenvalue weighted by atomic mass is 9.99. The summed E-state index contributed by atoms with van der Waals surface area (Å²) in [5.41, 5.74) is 0. The van der Waals surface area contributed by atoms with Crippen LogP contribution in [0.3, 0.4) is 0 Å². The Morgan fingerprint density at radius 3 is 1.38 bits per heavy atom. The molecule has 1 rings (SSSR count). The Kier molecular flexibility index (Phi) is 42.5. The summed E-state index contributed by atoms with van der Waals surface area (Å²) in [5.74, 6) is -0.158. The molecule has 7 atom stereocenters. The number of unbranched alkanes of at least 4 members (excludes halogenated alkanes) is 17. The van der Waals surface area contributed by atoms with E-state index in [4.69, 9.17) is 9.47 Å². The van der Waals surface area contributed by atoms with Crippen LogP contribution in [0.5, 0.6) is 0 Å². The number of hydrogen-bond acceptors (Lipinski definition) is 8. The van der Waals surface area contributed by atoms with E-state index in [1.807, 2.05) is 0 Å². The van der Waals surface area contributed by atoms with Gasteiger partial charge in [-0.25, -0.2) is 0 Å². The number of aliphatic hydroxyl groups is 5. The number of allylic oxidation sites excluding steroid dienone is 16. The standard InChI is InChI=1S/C57H97NO8/c1-3-5-7-9-10-11-12-13-14-15-16-17-18-19-20-21-22-23-24-25-26-27-28-29-30-31-32-33-34-35-36-37-38-39-40-41-42-43-45-47-53(61)58-50(51(60)46-44-8-6-4-2)49-65-57-56(64)55(63)54(62)52(48-59)66-57/h5,7,10-11,13-14,16-17,19-20,22-23,25-26,28-29,50-52,54-57,59-60,62-64H,3-4,6,8-9,12,15,18,21,24,27,30-49H2,1-2H3,(H,58,61)/b7-5-,11-10-,14-13-,17-16-,20-19-,23-22-,26-25-,29-28-. The second-order valence-electron chi connectivity index (χ2n) is 17.9. The predicted molar refractivity (Wildman–Crippen MR) is 276 cm³/mol. The lowest BCUT2D eigenvalue weighted by molar-refractivity contribution is -0.302. The molecule has 9 nitrogen and oxygen atoms in total. The van der Waals surface area contributed by atoms with Gasteiger partial charge in [-0.1, -0.05) is 214 Å². The molecular weight excluding hydrogens is 827 g/mol. The molecule has 1 amide bonds. The summed E-state index contributed by atoms with van der Waals surface area (Å²) >= 11 is 0. The topological polar surface area (TPSA) is 149 Å². The van der Waals surface area contributed by atoms with Gasteiger partial charge in [-0.3, -0.25) is 4.79 Å². The van der Waals surface area contributed by atoms with Gasteiger partial charge in [-0.15, -0.1) is 0 Å². The van der Waals surface area contributed by atoms with E-state index in [0.29, 0.717) is 12.8 Å². The second-order valence-corrected chi connectivity index (χ2v) is 17.9. The van der Waals surface area contributed by atoms with E-state index < -0.39 is 49.5 Å². The van der Waals surface area contributed by atoms with Crippen LogP contribution in [-0.4, -0.2) is 87.5 Å². The van der Waals surface area contributed by atoms with Crippen LogP contribution in [0.25, 0.3) is 0 Å². The largest absolute Gasteiger partial charge is 0.394 e. The summed E-state index contributed by atoms with van der Waals surface area (Å²) in [4.78, 5) is 12.9. The fraction of sp³-hybridized carbons (Fsp3) is 0.702. The average Bonchev–Trinajstić information content (AvgIpc) is 3.32. The Labute approximate surface area is 403 Å². The van der Waals surface area contributed by atoms with Gasteiger partial charge in [0.05, 0.1) is 25.4 Å². The van der Waals surface area contributed by atoms with Crippen molar-refractivity contribution in [3.8, 4) is 0 Å². The van der Waals surface area contributed by atoms with E-state index in [1.165, 1.54) is 77.0 Å². The molecule has 9 heteroatoms. The van der Waals surface area contributed by atoms with E-state index in [0.717, 1.165) is 96.3 Å². The SMILES string of the molecule is CC/C=C\C/C=C\C/C=C\C/C=C\C/C=C\C/C=C\C/C=C\C/C=C\CCCCCCCCCCCCCCCCC(=O)NC(COC1OC(CO)C(O)C(O)C1O)C(O)CCCCCC. The third-order valence-corrected chi connectivity index (χ3v) is 12.0. The van der Waals surface area contributed by atoms with Crippen molar-refractivity contribution in [3.05, 3.63) is 97.2 Å². The Balaban J connectivity index is 2.00. The zero-order chi connectivity index (χ0) is 48.0. The Morgan fingerprint density at radius 1 is 0.530 bits per heavy atom. The molecular formula is C57H97NO8. The maximum Gasteiger partial charge on any atom is 0.220 e. The summed E-state index contributed by atoms with van der Waals surface area (Å²) in [6.45, 7) is 3.58. The van der Waals surface area contributed by atoms with Crippen LogP contribution in [-0.2, 0) is 14.3 Å². The number of amides is 1. The number of carbonyl (C=O) groups excluding carboxylic acids is 1. The van der Waals surface area contributed by atoms with Crippen LogP contribution >= 0.6 is 0 Å². The van der Waals surface area contributed by atoms with Crippen molar-refractivity contribution in [1.82, 2.24) is 5.32 Å². The highest BCUT2D eigenvalue weighted by atomic mass is 16.7. The minimum Gasteiger partial charge on any atom is -0.394 e. The van der Waals surface area contributed by atoms with Crippen LogP contribution in [0.1, 0.15) is 200 Å². The lowest BCUT2D eigenvalue weighted by Gasteiger charge is -2.40. The van der Waals surface area contributed by atoms with Gasteiger partial charge in [0.2, 0.25) is 5.91 Å². The number of carbonyl (C=O) groups is 1. The van der Waals surface area contributed by atoms with Crippen molar-refractivity contribution in [2.24, 2.45) is 0 Å². The predicted octanol–water partition coefficient (Wildman–Crippen LogP) is 12.5. The Morgan fingerprint density at radius 2 is 0.939 bits per heavy atom. The molecule has 1 aliphatic heterocycles. The molecule has 1 heterocycles. The number of ether oxygens (including phenoxy) is 2. The zero-order valence-corrected chi connectivity index (χ0v) is 41.7. The Bertz CT molecular complexity index is 1350. The van der Waals surface area contributed by atoms with Gasteiger partial charge < -0.3 is 40.3 Å². The van der Waals surface area contributed by atoms with Crippen molar-refractivity contribution in [3.63, 3.8) is 0 Å². The van der Waals surface area contributed by atoms with Crippen molar-refractivity contribution in [2.75, 3.05) is 13.2 Å². The van der Waals surface area contributed by atoms with Gasteiger partial charge in [-0.05, 0) is 77.0 Å². The maximum atomic E-state index is 12.9. The third-order valence-electron chi connectivity index (χ3n) is 12.0. The van der Waals surface area contributed by atoms with Crippen molar-refractivity contribution in [1.29, 1.82) is 0 Å². The monoisotopic (exact) mass is 924 g/mol. The number of hydrogen-bond donors (Lipinski definition) is 6. The number of aliphatic hydroxyl groups excluding tert-OH is 5. The molecule has 66 heavy (non-hydrogen) atoms. The smallest absolute Gasteiger partial charge is 0.220 e. The van der Waals surface area contributed by atoms with Crippen LogP contribution in [0.15, 0.2) is 97.2 Å². The Hall–Kier alpha value is -2.89. The normalized spacial score (nSPS) is 20.6. The summed E-state index contributed by atoms with van der Waals surface area (Å²) in [7, 11) is 0. The molecule has 378 valence electrons.